The van der Waals surface area contributed by atoms with Crippen molar-refractivity contribution in [1.29, 1.82) is 0 Å². The van der Waals surface area contributed by atoms with Crippen LogP contribution in [-0.2, 0) is 14.8 Å². The summed E-state index contributed by atoms with van der Waals surface area (Å²) in [5.74, 6) is -0.894. The number of sulfonamides is 1. The molecule has 1 aliphatic rings. The number of nitrogens with one attached hydrogen (secondary N) is 2. The molecule has 3 aromatic rings. The number of carbonyl (C=O) groups is 2. The Morgan fingerprint density at radius 1 is 1.31 bits per heavy atom. The number of carbonyl (C=O) groups excluding carboxylic acids is 2. The predicted molar refractivity (Wildman–Crippen MR) is 105 cm³/mol. The number of nitrogens with zero attached hydrogens (tertiary/aromatic N) is 2. The van der Waals surface area contributed by atoms with Crippen molar-refractivity contribution in [3.8, 4) is 5.75 Å². The Labute approximate surface area is 170 Å². The lowest BCUT2D eigenvalue weighted by Crippen LogP contribution is -2.36. The first-order chi connectivity index (χ1) is 13.8. The van der Waals surface area contributed by atoms with Crippen LogP contribution in [0.1, 0.15) is 23.8 Å². The van der Waals surface area contributed by atoms with Crippen LogP contribution in [0.2, 0.25) is 5.02 Å². The van der Waals surface area contributed by atoms with Crippen molar-refractivity contribution in [1.82, 2.24) is 14.1 Å². The van der Waals surface area contributed by atoms with Gasteiger partial charge in [0.2, 0.25) is 0 Å². The van der Waals surface area contributed by atoms with Crippen molar-refractivity contribution in [2.75, 3.05) is 5.32 Å². The molecule has 1 atom stereocenters. The van der Waals surface area contributed by atoms with Gasteiger partial charge in [0, 0.05) is 12.4 Å². The molecule has 9 nitrogen and oxygen atoms in total. The van der Waals surface area contributed by atoms with Crippen molar-refractivity contribution in [2.45, 2.75) is 24.3 Å². The second-order valence-electron chi connectivity index (χ2n) is 6.34. The van der Waals surface area contributed by atoms with Gasteiger partial charge in [0.05, 0.1) is 15.6 Å². The Bertz CT molecular complexity index is 1250. The van der Waals surface area contributed by atoms with Gasteiger partial charge >= 0.3 is 0 Å². The van der Waals surface area contributed by atoms with Crippen LogP contribution in [-0.4, -0.2) is 35.7 Å². The third-order valence-electron chi connectivity index (χ3n) is 4.33. The number of halogens is 1. The third-order valence-corrected chi connectivity index (χ3v) is 5.88. The SMILES string of the molecule is CC[C@H]1Oc2ccc(S(=O)(=O)NC(=O)c3cn4cc(Cl)ccc4n3)cc2NC1=O. The molecule has 2 amide bonds. The van der Waals surface area contributed by atoms with E-state index in [1.807, 2.05) is 4.72 Å². The molecule has 2 aromatic heterocycles. The molecule has 1 aliphatic heterocycles. The van der Waals surface area contributed by atoms with E-state index in [2.05, 4.69) is 10.3 Å². The van der Waals surface area contributed by atoms with Gasteiger partial charge in [0.25, 0.3) is 21.8 Å². The fraction of sp³-hybridized carbons (Fsp3) is 0.167. The number of hydrogen-bond donors (Lipinski definition) is 2. The summed E-state index contributed by atoms with van der Waals surface area (Å²) in [7, 11) is -4.21. The minimum atomic E-state index is -4.21. The number of anilines is 1. The maximum atomic E-state index is 12.6. The van der Waals surface area contributed by atoms with Gasteiger partial charge in [-0.15, -0.1) is 0 Å². The second-order valence-corrected chi connectivity index (χ2v) is 8.45. The summed E-state index contributed by atoms with van der Waals surface area (Å²) in [5, 5.41) is 3.05. The summed E-state index contributed by atoms with van der Waals surface area (Å²) < 4.78 is 34.3. The second kappa shape index (κ2) is 7.05. The van der Waals surface area contributed by atoms with E-state index >= 15 is 0 Å². The van der Waals surface area contributed by atoms with Crippen LogP contribution in [0.4, 0.5) is 5.69 Å². The summed E-state index contributed by atoms with van der Waals surface area (Å²) in [6.45, 7) is 1.80. The molecule has 150 valence electrons. The number of imidazole rings is 1. The van der Waals surface area contributed by atoms with E-state index < -0.39 is 22.0 Å². The number of hydrogen-bond acceptors (Lipinski definition) is 6. The average molecular weight is 435 g/mol. The number of fused-ring (bicyclic) bond motifs is 2. The molecule has 1 aromatic carbocycles. The fourth-order valence-corrected chi connectivity index (χ4v) is 4.03. The molecule has 0 bridgehead atoms. The van der Waals surface area contributed by atoms with Crippen LogP contribution in [0.15, 0.2) is 47.6 Å². The summed E-state index contributed by atoms with van der Waals surface area (Å²) in [6, 6.07) is 7.17. The zero-order chi connectivity index (χ0) is 20.8. The monoisotopic (exact) mass is 434 g/mol. The molecular weight excluding hydrogens is 420 g/mol. The van der Waals surface area contributed by atoms with E-state index in [0.29, 0.717) is 22.8 Å². The van der Waals surface area contributed by atoms with Crippen LogP contribution in [0, 0.1) is 0 Å². The molecule has 0 fully saturated rings. The quantitative estimate of drug-likeness (QED) is 0.649. The lowest BCUT2D eigenvalue weighted by Gasteiger charge is -2.25. The number of aromatic nitrogens is 2. The summed E-state index contributed by atoms with van der Waals surface area (Å²) in [4.78, 5) is 28.2. The van der Waals surface area contributed by atoms with E-state index in [1.54, 1.807) is 25.3 Å². The predicted octanol–water partition coefficient (Wildman–Crippen LogP) is 2.22. The molecule has 0 saturated carbocycles. The first-order valence-corrected chi connectivity index (χ1v) is 10.5. The highest BCUT2D eigenvalue weighted by Crippen LogP contribution is 2.32. The maximum absolute atomic E-state index is 12.6. The molecule has 0 spiro atoms. The zero-order valence-corrected chi connectivity index (χ0v) is 16.6. The Kier molecular flexibility index (Phi) is 4.67. The summed E-state index contributed by atoms with van der Waals surface area (Å²) >= 11 is 5.90. The highest BCUT2D eigenvalue weighted by molar-refractivity contribution is 7.90. The van der Waals surface area contributed by atoms with Crippen molar-refractivity contribution in [3.63, 3.8) is 0 Å². The normalized spacial score (nSPS) is 16.1. The van der Waals surface area contributed by atoms with Crippen molar-refractivity contribution < 1.29 is 22.7 Å². The van der Waals surface area contributed by atoms with Crippen molar-refractivity contribution in [2.24, 2.45) is 0 Å². The van der Waals surface area contributed by atoms with Crippen molar-refractivity contribution >= 4 is 44.8 Å². The average Bonchev–Trinajstić information content (AvgIpc) is 3.10. The van der Waals surface area contributed by atoms with Gasteiger partial charge in [0.1, 0.15) is 17.1 Å². The van der Waals surface area contributed by atoms with E-state index in [0.717, 1.165) is 0 Å². The van der Waals surface area contributed by atoms with Crippen molar-refractivity contribution in [3.05, 3.63) is 53.4 Å². The largest absolute Gasteiger partial charge is 0.478 e. The molecule has 0 unspecified atom stereocenters. The molecule has 0 radical (unpaired) electrons. The molecular formula is C18H15ClN4O5S. The highest BCUT2D eigenvalue weighted by Gasteiger charge is 2.28. The molecule has 4 rings (SSSR count). The number of benzene rings is 1. The van der Waals surface area contributed by atoms with Crippen LogP contribution in [0.3, 0.4) is 0 Å². The minimum Gasteiger partial charge on any atom is -0.478 e. The van der Waals surface area contributed by atoms with E-state index in [9.17, 15) is 18.0 Å². The highest BCUT2D eigenvalue weighted by atomic mass is 35.5. The van der Waals surface area contributed by atoms with Gasteiger partial charge in [0.15, 0.2) is 6.10 Å². The first kappa shape index (κ1) is 19.2. The molecule has 3 heterocycles. The third kappa shape index (κ3) is 3.64. The number of ether oxygens (including phenoxy) is 1. The molecule has 2 N–H and O–H groups in total. The molecule has 29 heavy (non-hydrogen) atoms. The van der Waals surface area contributed by atoms with Crippen LogP contribution in [0.5, 0.6) is 5.75 Å². The first-order valence-electron chi connectivity index (χ1n) is 8.60. The zero-order valence-electron chi connectivity index (χ0n) is 15.0. The van der Waals surface area contributed by atoms with Gasteiger partial charge < -0.3 is 14.5 Å². The lowest BCUT2D eigenvalue weighted by molar-refractivity contribution is -0.123. The molecule has 0 aliphatic carbocycles. The van der Waals surface area contributed by atoms with E-state index in [-0.39, 0.29) is 22.2 Å². The Hall–Kier alpha value is -3.11. The summed E-state index contributed by atoms with van der Waals surface area (Å²) in [6.07, 6.45) is 2.77. The van der Waals surface area contributed by atoms with Crippen LogP contribution >= 0.6 is 11.6 Å². The summed E-state index contributed by atoms with van der Waals surface area (Å²) in [5.41, 5.74) is 0.574. The van der Waals surface area contributed by atoms with Crippen LogP contribution in [0.25, 0.3) is 5.65 Å². The fourth-order valence-electron chi connectivity index (χ4n) is 2.87. The van der Waals surface area contributed by atoms with Gasteiger partial charge in [-0.2, -0.15) is 0 Å². The van der Waals surface area contributed by atoms with E-state index in [1.165, 1.54) is 28.8 Å². The standard InChI is InChI=1S/C18H15ClN4O5S/c1-2-14-18(25)21-12-7-11(4-5-15(12)28-14)29(26,27)22-17(24)13-9-23-8-10(19)3-6-16(23)20-13/h3-9,14H,2H2,1H3,(H,21,25)(H,22,24)/t14-/m1/s1. The van der Waals surface area contributed by atoms with Gasteiger partial charge in [-0.1, -0.05) is 18.5 Å². The minimum absolute atomic E-state index is 0.0868. The van der Waals surface area contributed by atoms with Crippen LogP contribution < -0.4 is 14.8 Å². The lowest BCUT2D eigenvalue weighted by atomic mass is 10.2. The van der Waals surface area contributed by atoms with Gasteiger partial charge in [-0.05, 0) is 36.8 Å². The maximum Gasteiger partial charge on any atom is 0.285 e. The number of rotatable bonds is 4. The number of amides is 2. The molecule has 0 saturated heterocycles. The molecule has 11 heteroatoms. The topological polar surface area (TPSA) is 119 Å². The Morgan fingerprint density at radius 2 is 2.10 bits per heavy atom. The number of pyridine rings is 1. The Balaban J connectivity index is 1.59. The van der Waals surface area contributed by atoms with Gasteiger partial charge in [-0.25, -0.2) is 18.1 Å². The van der Waals surface area contributed by atoms with E-state index in [4.69, 9.17) is 16.3 Å². The smallest absolute Gasteiger partial charge is 0.285 e. The van der Waals surface area contributed by atoms with Gasteiger partial charge in [-0.3, -0.25) is 9.59 Å². The Morgan fingerprint density at radius 3 is 2.86 bits per heavy atom.